The molecule has 3 unspecified atom stereocenters. The van der Waals surface area contributed by atoms with Crippen LogP contribution in [0, 0.1) is 17.8 Å². The molecule has 4 aliphatic rings. The number of amides is 1. The summed E-state index contributed by atoms with van der Waals surface area (Å²) in [5.74, 6) is -5.52. The number of likely N-dealkylation sites (N-methyl/N-ethyl adjacent to an activating group) is 1. The number of carbonyl (C=O) groups is 3. The van der Waals surface area contributed by atoms with Crippen molar-refractivity contribution in [2.45, 2.75) is 38.5 Å². The van der Waals surface area contributed by atoms with Crippen molar-refractivity contribution in [1.82, 2.24) is 9.80 Å². The molecule has 10 nitrogen and oxygen atoms in total. The third-order valence-corrected chi connectivity index (χ3v) is 9.40. The van der Waals surface area contributed by atoms with Gasteiger partial charge in [0.15, 0.2) is 11.6 Å². The SMILES string of the molecule is CN(C)c1cc(CN2Cc3ccccc3C2)c(O)c2c1CC1CC3C(C(=O)C(C(N)=O)=C(O)[C@H]3N(C)C)C(O)=C1C2=O. The topological polar surface area (TPSA) is 148 Å². The molecule has 1 heterocycles. The lowest BCUT2D eigenvalue weighted by Crippen LogP contribution is -2.53. The Balaban J connectivity index is 1.44. The van der Waals surface area contributed by atoms with Gasteiger partial charge in [-0.3, -0.25) is 24.2 Å². The molecular formula is C32H36N4O6. The van der Waals surface area contributed by atoms with E-state index in [0.717, 1.165) is 18.8 Å². The molecule has 0 bridgehead atoms. The van der Waals surface area contributed by atoms with E-state index in [9.17, 15) is 29.7 Å². The lowest BCUT2D eigenvalue weighted by Gasteiger charge is -2.46. The standard InChI is InChI=1S/C32H36N4O6/c1-34(2)21-11-18(14-36-12-15-7-5-6-8-16(15)13-36)27(37)23-19(21)9-17-10-20-24(29(39)22(17)28(23)38)30(40)25(32(33)42)31(41)26(20)35(3)4/h5-8,11,17,20,24,26,37,39,41H,9-10,12-14H2,1-4H3,(H2,33,42)/t17?,20?,24?,26-/m0/s1. The Kier molecular flexibility index (Phi) is 6.66. The smallest absolute Gasteiger partial charge is 0.255 e. The largest absolute Gasteiger partial charge is 0.511 e. The number of nitrogens with two attached hydrogens (primary N) is 1. The summed E-state index contributed by atoms with van der Waals surface area (Å²) in [6, 6.07) is 9.39. The number of ketones is 2. The number of allylic oxidation sites excluding steroid dienone is 2. The highest BCUT2D eigenvalue weighted by Crippen LogP contribution is 2.52. The van der Waals surface area contributed by atoms with Gasteiger partial charge in [-0.15, -0.1) is 0 Å². The summed E-state index contributed by atoms with van der Waals surface area (Å²) < 4.78 is 0. The first-order valence-electron chi connectivity index (χ1n) is 14.2. The van der Waals surface area contributed by atoms with Crippen molar-refractivity contribution in [3.63, 3.8) is 0 Å². The molecule has 0 fully saturated rings. The molecule has 2 aromatic rings. The quantitative estimate of drug-likeness (QED) is 0.397. The number of primary amides is 1. The number of aliphatic hydroxyl groups excluding tert-OH is 2. The molecule has 220 valence electrons. The van der Waals surface area contributed by atoms with Crippen LogP contribution in [0.2, 0.25) is 0 Å². The number of rotatable bonds is 5. The molecule has 1 amide bonds. The van der Waals surface area contributed by atoms with E-state index in [1.165, 1.54) is 11.1 Å². The molecule has 42 heavy (non-hydrogen) atoms. The van der Waals surface area contributed by atoms with Crippen LogP contribution in [-0.2, 0) is 35.6 Å². The summed E-state index contributed by atoms with van der Waals surface area (Å²) in [5.41, 5.74) is 9.74. The van der Waals surface area contributed by atoms with Gasteiger partial charge in [-0.1, -0.05) is 24.3 Å². The van der Waals surface area contributed by atoms with Crippen molar-refractivity contribution < 1.29 is 29.7 Å². The third kappa shape index (κ3) is 4.12. The highest BCUT2D eigenvalue weighted by atomic mass is 16.3. The summed E-state index contributed by atoms with van der Waals surface area (Å²) in [4.78, 5) is 45.7. The first kappa shape index (κ1) is 28.0. The number of carbonyl (C=O) groups excluding carboxylic acids is 3. The summed E-state index contributed by atoms with van der Waals surface area (Å²) in [7, 11) is 7.21. The molecule has 1 aliphatic heterocycles. The number of hydrogen-bond acceptors (Lipinski definition) is 9. The van der Waals surface area contributed by atoms with E-state index in [1.807, 2.05) is 37.2 Å². The van der Waals surface area contributed by atoms with Gasteiger partial charge in [0.05, 0.1) is 17.5 Å². The van der Waals surface area contributed by atoms with Gasteiger partial charge in [-0.05, 0) is 61.5 Å². The predicted molar refractivity (Wildman–Crippen MR) is 156 cm³/mol. The van der Waals surface area contributed by atoms with E-state index in [-0.39, 0.29) is 16.9 Å². The Labute approximate surface area is 244 Å². The van der Waals surface area contributed by atoms with Crippen molar-refractivity contribution in [2.75, 3.05) is 33.1 Å². The molecule has 10 heteroatoms. The Morgan fingerprint density at radius 1 is 1.02 bits per heavy atom. The van der Waals surface area contributed by atoms with E-state index < -0.39 is 58.4 Å². The number of anilines is 1. The maximum absolute atomic E-state index is 14.2. The zero-order valence-electron chi connectivity index (χ0n) is 24.2. The van der Waals surface area contributed by atoms with Crippen LogP contribution in [0.15, 0.2) is 53.0 Å². The molecule has 0 saturated carbocycles. The number of nitrogens with zero attached hydrogens (tertiary/aromatic N) is 3. The van der Waals surface area contributed by atoms with Crippen LogP contribution >= 0.6 is 0 Å². The minimum absolute atomic E-state index is 0.0885. The maximum Gasteiger partial charge on any atom is 0.255 e. The number of fused-ring (bicyclic) bond motifs is 4. The Hall–Kier alpha value is -4.15. The first-order chi connectivity index (χ1) is 19.9. The van der Waals surface area contributed by atoms with Crippen LogP contribution in [0.1, 0.15) is 39.0 Å². The lowest BCUT2D eigenvalue weighted by atomic mass is 9.60. The number of phenols is 1. The summed E-state index contributed by atoms with van der Waals surface area (Å²) in [6.45, 7) is 1.88. The summed E-state index contributed by atoms with van der Waals surface area (Å²) in [6.07, 6.45) is 0.684. The second-order valence-electron chi connectivity index (χ2n) is 12.4. The fourth-order valence-electron chi connectivity index (χ4n) is 7.65. The fourth-order valence-corrected chi connectivity index (χ4v) is 7.65. The van der Waals surface area contributed by atoms with Crippen molar-refractivity contribution in [1.29, 1.82) is 0 Å². The maximum atomic E-state index is 14.2. The first-order valence-corrected chi connectivity index (χ1v) is 14.2. The van der Waals surface area contributed by atoms with E-state index in [2.05, 4.69) is 17.0 Å². The van der Waals surface area contributed by atoms with Crippen LogP contribution in [0.4, 0.5) is 5.69 Å². The predicted octanol–water partition coefficient (Wildman–Crippen LogP) is 2.59. The average Bonchev–Trinajstić information content (AvgIpc) is 3.31. The molecular weight excluding hydrogens is 536 g/mol. The van der Waals surface area contributed by atoms with E-state index >= 15 is 0 Å². The molecule has 0 radical (unpaired) electrons. The molecule has 0 saturated heterocycles. The molecule has 3 aliphatic carbocycles. The second-order valence-corrected chi connectivity index (χ2v) is 12.4. The summed E-state index contributed by atoms with van der Waals surface area (Å²) >= 11 is 0. The van der Waals surface area contributed by atoms with Gasteiger partial charge in [-0.2, -0.15) is 0 Å². The minimum atomic E-state index is -1.20. The van der Waals surface area contributed by atoms with Gasteiger partial charge >= 0.3 is 0 Å². The lowest BCUT2D eigenvalue weighted by molar-refractivity contribution is -0.127. The number of benzene rings is 2. The Morgan fingerprint density at radius 3 is 2.24 bits per heavy atom. The van der Waals surface area contributed by atoms with Crippen molar-refractivity contribution in [3.05, 3.63) is 80.8 Å². The minimum Gasteiger partial charge on any atom is -0.511 e. The second kappa shape index (κ2) is 9.99. The third-order valence-electron chi connectivity index (χ3n) is 9.40. The number of hydrogen-bond donors (Lipinski definition) is 4. The fraction of sp³-hybridized carbons (Fsp3) is 0.406. The van der Waals surface area contributed by atoms with Crippen LogP contribution in [0.25, 0.3) is 0 Å². The zero-order valence-corrected chi connectivity index (χ0v) is 24.2. The Bertz CT molecular complexity index is 1580. The van der Waals surface area contributed by atoms with Gasteiger partial charge in [-0.25, -0.2) is 0 Å². The van der Waals surface area contributed by atoms with Crippen LogP contribution in [0.5, 0.6) is 5.75 Å². The number of aromatic hydroxyl groups is 1. The molecule has 0 spiro atoms. The highest BCUT2D eigenvalue weighted by Gasteiger charge is 2.54. The van der Waals surface area contributed by atoms with Gasteiger partial charge < -0.3 is 26.0 Å². The molecule has 0 aromatic heterocycles. The Morgan fingerprint density at radius 2 is 1.67 bits per heavy atom. The molecule has 5 N–H and O–H groups in total. The highest BCUT2D eigenvalue weighted by molar-refractivity contribution is 6.22. The average molecular weight is 573 g/mol. The van der Waals surface area contributed by atoms with Crippen LogP contribution < -0.4 is 10.6 Å². The van der Waals surface area contributed by atoms with E-state index in [1.54, 1.807) is 19.0 Å². The molecule has 2 aromatic carbocycles. The van der Waals surface area contributed by atoms with Gasteiger partial charge in [0, 0.05) is 50.6 Å². The van der Waals surface area contributed by atoms with E-state index in [0.29, 0.717) is 30.5 Å². The van der Waals surface area contributed by atoms with Gasteiger partial charge in [0.1, 0.15) is 22.8 Å². The summed E-state index contributed by atoms with van der Waals surface area (Å²) in [5, 5.41) is 34.1. The van der Waals surface area contributed by atoms with Crippen molar-refractivity contribution in [2.24, 2.45) is 23.5 Å². The van der Waals surface area contributed by atoms with Crippen LogP contribution in [0.3, 0.4) is 0 Å². The monoisotopic (exact) mass is 572 g/mol. The van der Waals surface area contributed by atoms with Crippen molar-refractivity contribution in [3.8, 4) is 5.75 Å². The van der Waals surface area contributed by atoms with Crippen molar-refractivity contribution >= 4 is 23.2 Å². The number of aliphatic hydroxyl groups is 2. The zero-order chi connectivity index (χ0) is 30.2. The van der Waals surface area contributed by atoms with Gasteiger partial charge in [0.2, 0.25) is 0 Å². The van der Waals surface area contributed by atoms with E-state index in [4.69, 9.17) is 5.73 Å². The molecule has 4 atom stereocenters. The number of Topliss-reactive ketones (excluding diaryl/α,β-unsaturated/α-hetero) is 2. The molecule has 6 rings (SSSR count). The van der Waals surface area contributed by atoms with Crippen LogP contribution in [-0.4, -0.2) is 76.8 Å². The van der Waals surface area contributed by atoms with Gasteiger partial charge in [0.25, 0.3) is 5.91 Å². The number of phenolic OH excluding ortho intramolecular Hbond substituents is 1. The normalized spacial score (nSPS) is 25.4.